The highest BCUT2D eigenvalue weighted by atomic mass is 16.2. The zero-order valence-corrected chi connectivity index (χ0v) is 18.0. The van der Waals surface area contributed by atoms with Gasteiger partial charge in [-0.15, -0.1) is 0 Å². The number of amides is 2. The van der Waals surface area contributed by atoms with Gasteiger partial charge in [0.1, 0.15) is 0 Å². The molecule has 0 unspecified atom stereocenters. The third kappa shape index (κ3) is 6.49. The van der Waals surface area contributed by atoms with Crippen molar-refractivity contribution in [2.24, 2.45) is 0 Å². The van der Waals surface area contributed by atoms with Crippen LogP contribution < -0.4 is 10.6 Å². The fourth-order valence-corrected chi connectivity index (χ4v) is 3.19. The van der Waals surface area contributed by atoms with E-state index in [2.05, 4.69) is 34.4 Å². The average molecular weight is 417 g/mol. The molecule has 0 atom stereocenters. The number of benzene rings is 2. The van der Waals surface area contributed by atoms with Crippen molar-refractivity contribution in [2.75, 3.05) is 31.5 Å². The molecule has 0 fully saturated rings. The number of fused-ring (bicyclic) bond motifs is 1. The Hall–Kier alpha value is -3.51. The predicted molar refractivity (Wildman–Crippen MR) is 126 cm³/mol. The van der Waals surface area contributed by atoms with Crippen LogP contribution in [0.2, 0.25) is 0 Å². The number of para-hydroxylation sites is 1. The van der Waals surface area contributed by atoms with Crippen LogP contribution >= 0.6 is 0 Å². The summed E-state index contributed by atoms with van der Waals surface area (Å²) in [4.78, 5) is 31.2. The first-order valence-electron chi connectivity index (χ1n) is 10.5. The number of pyridine rings is 1. The van der Waals surface area contributed by atoms with Crippen molar-refractivity contribution in [3.8, 4) is 0 Å². The molecule has 0 bridgehead atoms. The van der Waals surface area contributed by atoms with E-state index in [9.17, 15) is 9.59 Å². The van der Waals surface area contributed by atoms with Crippen LogP contribution in [0.1, 0.15) is 29.9 Å². The molecule has 2 N–H and O–H groups in total. The maximum absolute atomic E-state index is 12.3. The number of anilines is 1. The van der Waals surface area contributed by atoms with Crippen LogP contribution in [0.25, 0.3) is 17.0 Å². The molecule has 160 valence electrons. The molecule has 0 spiro atoms. The summed E-state index contributed by atoms with van der Waals surface area (Å²) in [5.74, 6) is -0.376. The van der Waals surface area contributed by atoms with Crippen LogP contribution in [-0.2, 0) is 4.79 Å². The van der Waals surface area contributed by atoms with Crippen LogP contribution in [0.4, 0.5) is 5.69 Å². The van der Waals surface area contributed by atoms with Gasteiger partial charge in [0.25, 0.3) is 5.91 Å². The van der Waals surface area contributed by atoms with Crippen LogP contribution in [-0.4, -0.2) is 47.9 Å². The number of carbonyl (C=O) groups is 2. The summed E-state index contributed by atoms with van der Waals surface area (Å²) in [7, 11) is 0. The lowest BCUT2D eigenvalue weighted by Crippen LogP contribution is -2.34. The Labute approximate surface area is 183 Å². The molecular formula is C25H28N4O2. The van der Waals surface area contributed by atoms with E-state index < -0.39 is 0 Å². The predicted octanol–water partition coefficient (Wildman–Crippen LogP) is 3.96. The van der Waals surface area contributed by atoms with Crippen molar-refractivity contribution in [1.29, 1.82) is 0 Å². The smallest absolute Gasteiger partial charge is 0.251 e. The number of hydrogen-bond acceptors (Lipinski definition) is 4. The van der Waals surface area contributed by atoms with Crippen LogP contribution in [0.15, 0.2) is 66.7 Å². The first-order chi connectivity index (χ1) is 15.1. The summed E-state index contributed by atoms with van der Waals surface area (Å²) in [6, 6.07) is 18.5. The van der Waals surface area contributed by atoms with Gasteiger partial charge in [-0.3, -0.25) is 9.59 Å². The second kappa shape index (κ2) is 11.0. The molecule has 1 heterocycles. The molecule has 0 radical (unpaired) electrons. The number of nitrogens with one attached hydrogen (secondary N) is 2. The summed E-state index contributed by atoms with van der Waals surface area (Å²) in [6.07, 6.45) is 3.13. The fourth-order valence-electron chi connectivity index (χ4n) is 3.19. The zero-order valence-electron chi connectivity index (χ0n) is 18.0. The highest BCUT2D eigenvalue weighted by Crippen LogP contribution is 2.13. The van der Waals surface area contributed by atoms with E-state index in [4.69, 9.17) is 0 Å². The monoisotopic (exact) mass is 416 g/mol. The number of likely N-dealkylation sites (N-methyl/N-ethyl adjacent to an activating group) is 1. The topological polar surface area (TPSA) is 74.3 Å². The van der Waals surface area contributed by atoms with Gasteiger partial charge in [0.05, 0.1) is 11.2 Å². The molecule has 0 aliphatic carbocycles. The molecule has 2 amide bonds. The SMILES string of the molecule is CCN(CC)CCNC(=O)c1ccc(NC(=O)/C=C/c2ccc3ccccc3n2)cc1. The van der Waals surface area contributed by atoms with Gasteiger partial charge in [-0.1, -0.05) is 38.1 Å². The normalized spacial score (nSPS) is 11.2. The molecule has 2 aromatic carbocycles. The van der Waals surface area contributed by atoms with E-state index in [1.54, 1.807) is 30.3 Å². The highest BCUT2D eigenvalue weighted by molar-refractivity contribution is 6.02. The van der Waals surface area contributed by atoms with Gasteiger partial charge < -0.3 is 15.5 Å². The van der Waals surface area contributed by atoms with E-state index in [0.717, 1.165) is 30.5 Å². The van der Waals surface area contributed by atoms with E-state index in [-0.39, 0.29) is 11.8 Å². The van der Waals surface area contributed by atoms with Gasteiger partial charge in [0.15, 0.2) is 0 Å². The van der Waals surface area contributed by atoms with E-state index in [1.165, 1.54) is 6.08 Å². The minimum absolute atomic E-state index is 0.118. The molecule has 3 aromatic rings. The third-order valence-corrected chi connectivity index (χ3v) is 5.05. The second-order valence-electron chi connectivity index (χ2n) is 7.11. The van der Waals surface area contributed by atoms with Crippen molar-refractivity contribution in [2.45, 2.75) is 13.8 Å². The molecule has 1 aromatic heterocycles. The van der Waals surface area contributed by atoms with Crippen LogP contribution in [0.3, 0.4) is 0 Å². The Morgan fingerprint density at radius 3 is 2.45 bits per heavy atom. The summed E-state index contributed by atoms with van der Waals surface area (Å²) < 4.78 is 0. The average Bonchev–Trinajstić information content (AvgIpc) is 2.80. The summed E-state index contributed by atoms with van der Waals surface area (Å²) in [6.45, 7) is 7.56. The largest absolute Gasteiger partial charge is 0.351 e. The Balaban J connectivity index is 1.52. The van der Waals surface area contributed by atoms with Crippen LogP contribution in [0.5, 0.6) is 0 Å². The minimum Gasteiger partial charge on any atom is -0.351 e. The van der Waals surface area contributed by atoms with Gasteiger partial charge in [-0.05, 0) is 55.6 Å². The Morgan fingerprint density at radius 1 is 0.968 bits per heavy atom. The van der Waals surface area contributed by atoms with Gasteiger partial charge in [0, 0.05) is 35.8 Å². The first kappa shape index (κ1) is 22.2. The first-order valence-corrected chi connectivity index (χ1v) is 10.5. The number of carbonyl (C=O) groups excluding carboxylic acids is 2. The minimum atomic E-state index is -0.258. The molecular weight excluding hydrogens is 388 g/mol. The van der Waals surface area contributed by atoms with Gasteiger partial charge in [-0.25, -0.2) is 4.98 Å². The number of aromatic nitrogens is 1. The lowest BCUT2D eigenvalue weighted by molar-refractivity contribution is -0.111. The Morgan fingerprint density at radius 2 is 1.71 bits per heavy atom. The molecule has 31 heavy (non-hydrogen) atoms. The summed E-state index contributed by atoms with van der Waals surface area (Å²) >= 11 is 0. The number of nitrogens with zero attached hydrogens (tertiary/aromatic N) is 2. The van der Waals surface area contributed by atoms with Gasteiger partial charge in [-0.2, -0.15) is 0 Å². The zero-order chi connectivity index (χ0) is 22.1. The van der Waals surface area contributed by atoms with Gasteiger partial charge in [0.2, 0.25) is 5.91 Å². The standard InChI is InChI=1S/C25H28N4O2/c1-3-29(4-2)18-17-26-25(31)20-10-13-22(14-11-20)28-24(30)16-15-21-12-9-19-7-5-6-8-23(19)27-21/h5-16H,3-4,17-18H2,1-2H3,(H,26,31)(H,28,30)/b16-15+. The van der Waals surface area contributed by atoms with Crippen molar-refractivity contribution in [3.63, 3.8) is 0 Å². The quantitative estimate of drug-likeness (QED) is 0.518. The molecule has 0 saturated heterocycles. The number of rotatable bonds is 9. The molecule has 6 heteroatoms. The lowest BCUT2D eigenvalue weighted by atomic mass is 10.2. The molecule has 0 aliphatic heterocycles. The van der Waals surface area contributed by atoms with Gasteiger partial charge >= 0.3 is 0 Å². The maximum Gasteiger partial charge on any atom is 0.251 e. The summed E-state index contributed by atoms with van der Waals surface area (Å²) in [5.41, 5.74) is 2.79. The molecule has 3 rings (SSSR count). The fraction of sp³-hybridized carbons (Fsp3) is 0.240. The van der Waals surface area contributed by atoms with E-state index in [0.29, 0.717) is 23.5 Å². The molecule has 0 aliphatic rings. The van der Waals surface area contributed by atoms with Crippen LogP contribution in [0, 0.1) is 0 Å². The Kier molecular flexibility index (Phi) is 7.90. The van der Waals surface area contributed by atoms with Crippen molar-refractivity contribution in [3.05, 3.63) is 78.0 Å². The Bertz CT molecular complexity index is 1060. The van der Waals surface area contributed by atoms with E-state index in [1.807, 2.05) is 36.4 Å². The molecule has 6 nitrogen and oxygen atoms in total. The van der Waals surface area contributed by atoms with Crippen molar-refractivity contribution < 1.29 is 9.59 Å². The number of hydrogen-bond donors (Lipinski definition) is 2. The summed E-state index contributed by atoms with van der Waals surface area (Å²) in [5, 5.41) is 6.78. The van der Waals surface area contributed by atoms with E-state index >= 15 is 0 Å². The highest BCUT2D eigenvalue weighted by Gasteiger charge is 2.07. The second-order valence-corrected chi connectivity index (χ2v) is 7.11. The van der Waals surface area contributed by atoms with Crippen molar-refractivity contribution >= 4 is 34.5 Å². The van der Waals surface area contributed by atoms with Crippen molar-refractivity contribution in [1.82, 2.24) is 15.2 Å². The maximum atomic E-state index is 12.3. The third-order valence-electron chi connectivity index (χ3n) is 5.05. The lowest BCUT2D eigenvalue weighted by Gasteiger charge is -2.17. The molecule has 0 saturated carbocycles.